The zero-order valence-electron chi connectivity index (χ0n) is 15.5. The molecule has 2 N–H and O–H groups in total. The SMILES string of the molecule is CC(C)C/C(CO)=N/c1nc2c(c[nH+]1)cc(-c1ccccc1Cl)c(=O)n2C. The summed E-state index contributed by atoms with van der Waals surface area (Å²) in [6, 6.07) is 9.02. The van der Waals surface area contributed by atoms with Crippen LogP contribution in [0.15, 0.2) is 46.3 Å². The summed E-state index contributed by atoms with van der Waals surface area (Å²) in [6.45, 7) is 3.99. The number of aryl methyl sites for hydroxylation is 1. The zero-order valence-corrected chi connectivity index (χ0v) is 16.3. The molecule has 2 heterocycles. The summed E-state index contributed by atoms with van der Waals surface area (Å²) in [7, 11) is 1.67. The number of aliphatic imine (C=N–C) groups is 1. The molecule has 6 nitrogen and oxygen atoms in total. The number of aromatic nitrogens is 3. The Hall–Kier alpha value is -2.57. The lowest BCUT2D eigenvalue weighted by Crippen LogP contribution is -2.21. The molecule has 0 unspecified atom stereocenters. The van der Waals surface area contributed by atoms with Gasteiger partial charge in [0.15, 0.2) is 0 Å². The predicted molar refractivity (Wildman–Crippen MR) is 108 cm³/mol. The molecule has 0 saturated heterocycles. The Morgan fingerprint density at radius 2 is 2.07 bits per heavy atom. The molecule has 0 spiro atoms. The first-order chi connectivity index (χ1) is 12.9. The fraction of sp³-hybridized carbons (Fsp3) is 0.300. The molecule has 0 amide bonds. The van der Waals surface area contributed by atoms with E-state index in [1.54, 1.807) is 25.4 Å². The third-order valence-corrected chi connectivity index (χ3v) is 4.56. The van der Waals surface area contributed by atoms with Gasteiger partial charge >= 0.3 is 5.95 Å². The quantitative estimate of drug-likeness (QED) is 0.685. The molecule has 0 atom stereocenters. The van der Waals surface area contributed by atoms with E-state index in [2.05, 4.69) is 28.8 Å². The minimum Gasteiger partial charge on any atom is -0.389 e. The highest BCUT2D eigenvalue weighted by molar-refractivity contribution is 6.33. The van der Waals surface area contributed by atoms with Crippen LogP contribution in [0.3, 0.4) is 0 Å². The molecule has 27 heavy (non-hydrogen) atoms. The number of H-pyrrole nitrogens is 1. The third kappa shape index (κ3) is 4.07. The van der Waals surface area contributed by atoms with Gasteiger partial charge in [0.05, 0.1) is 18.2 Å². The average Bonchev–Trinajstić information content (AvgIpc) is 2.64. The number of nitrogens with one attached hydrogen (secondary N) is 1. The van der Waals surface area contributed by atoms with Crippen molar-refractivity contribution in [2.45, 2.75) is 20.3 Å². The van der Waals surface area contributed by atoms with Crippen molar-refractivity contribution in [3.8, 4) is 11.1 Å². The van der Waals surface area contributed by atoms with Gasteiger partial charge in [0.2, 0.25) is 5.65 Å². The van der Waals surface area contributed by atoms with E-state index in [1.807, 2.05) is 18.2 Å². The van der Waals surface area contributed by atoms with E-state index >= 15 is 0 Å². The van der Waals surface area contributed by atoms with E-state index in [9.17, 15) is 9.90 Å². The molecule has 0 fully saturated rings. The number of rotatable bonds is 5. The molecule has 0 bridgehead atoms. The predicted octanol–water partition coefficient (Wildman–Crippen LogP) is 3.18. The standard InChI is InChI=1S/C20H21ClN4O2/c1-12(2)8-14(11-26)23-20-22-10-13-9-16(15-6-4-5-7-17(15)21)19(27)25(3)18(13)24-20/h4-7,9-10,12,26H,8,11H2,1-3H3/p+1/b23-14-. The summed E-state index contributed by atoms with van der Waals surface area (Å²) in [4.78, 5) is 24.7. The topological polar surface area (TPSA) is 81.6 Å². The highest BCUT2D eigenvalue weighted by Gasteiger charge is 2.17. The van der Waals surface area contributed by atoms with Gasteiger partial charge in [-0.1, -0.05) is 48.6 Å². The smallest absolute Gasteiger partial charge is 0.389 e. The van der Waals surface area contributed by atoms with Crippen molar-refractivity contribution >= 4 is 34.3 Å². The molecule has 0 aliphatic heterocycles. The zero-order chi connectivity index (χ0) is 19.6. The van der Waals surface area contributed by atoms with E-state index in [0.717, 1.165) is 5.39 Å². The molecule has 0 aliphatic rings. The van der Waals surface area contributed by atoms with E-state index < -0.39 is 0 Å². The molecule has 1 aromatic carbocycles. The molecule has 2 aromatic heterocycles. The van der Waals surface area contributed by atoms with Gasteiger partial charge < -0.3 is 5.11 Å². The lowest BCUT2D eigenvalue weighted by molar-refractivity contribution is -0.364. The van der Waals surface area contributed by atoms with Crippen LogP contribution >= 0.6 is 11.6 Å². The molecule has 0 radical (unpaired) electrons. The van der Waals surface area contributed by atoms with Crippen LogP contribution in [0, 0.1) is 5.92 Å². The summed E-state index contributed by atoms with van der Waals surface area (Å²) < 4.78 is 1.49. The lowest BCUT2D eigenvalue weighted by atomic mass is 10.1. The average molecular weight is 386 g/mol. The van der Waals surface area contributed by atoms with Crippen molar-refractivity contribution in [3.05, 3.63) is 51.9 Å². The van der Waals surface area contributed by atoms with Gasteiger partial charge in [-0.2, -0.15) is 0 Å². The number of fused-ring (bicyclic) bond motifs is 1. The van der Waals surface area contributed by atoms with Crippen LogP contribution in [0.25, 0.3) is 22.2 Å². The lowest BCUT2D eigenvalue weighted by Gasteiger charge is -2.07. The van der Waals surface area contributed by atoms with Gasteiger partial charge in [-0.3, -0.25) is 9.36 Å². The van der Waals surface area contributed by atoms with Crippen LogP contribution in [0.2, 0.25) is 5.02 Å². The maximum Gasteiger partial charge on any atom is 0.432 e. The van der Waals surface area contributed by atoms with E-state index in [0.29, 0.717) is 45.8 Å². The molecular formula is C20H22ClN4O2+. The highest BCUT2D eigenvalue weighted by atomic mass is 35.5. The fourth-order valence-corrected chi connectivity index (χ4v) is 3.21. The number of halogens is 1. The Morgan fingerprint density at radius 3 is 2.74 bits per heavy atom. The Bertz CT molecular complexity index is 1070. The monoisotopic (exact) mass is 385 g/mol. The second kappa shape index (κ2) is 7.98. The summed E-state index contributed by atoms with van der Waals surface area (Å²) in [5.41, 5.74) is 2.16. The van der Waals surface area contributed by atoms with Gasteiger partial charge in [0.25, 0.3) is 5.56 Å². The third-order valence-electron chi connectivity index (χ3n) is 4.23. The van der Waals surface area contributed by atoms with E-state index in [-0.39, 0.29) is 12.2 Å². The van der Waals surface area contributed by atoms with Crippen molar-refractivity contribution in [3.63, 3.8) is 0 Å². The molecular weight excluding hydrogens is 364 g/mol. The number of nitrogens with zero attached hydrogens (tertiary/aromatic N) is 3. The van der Waals surface area contributed by atoms with Crippen molar-refractivity contribution in [2.75, 3.05) is 6.61 Å². The molecule has 3 aromatic rings. The molecule has 0 aliphatic carbocycles. The summed E-state index contributed by atoms with van der Waals surface area (Å²) >= 11 is 6.26. The number of aliphatic hydroxyl groups is 1. The van der Waals surface area contributed by atoms with E-state index in [4.69, 9.17) is 11.6 Å². The number of hydrogen-bond acceptors (Lipinski definition) is 4. The molecule has 140 valence electrons. The first-order valence-electron chi connectivity index (χ1n) is 8.75. The van der Waals surface area contributed by atoms with Crippen LogP contribution < -0.4 is 10.5 Å². The molecule has 7 heteroatoms. The van der Waals surface area contributed by atoms with Crippen LogP contribution in [-0.2, 0) is 7.05 Å². The second-order valence-corrected chi connectivity index (χ2v) is 7.25. The van der Waals surface area contributed by atoms with Crippen molar-refractivity contribution in [1.82, 2.24) is 9.55 Å². The van der Waals surface area contributed by atoms with Crippen molar-refractivity contribution in [2.24, 2.45) is 18.0 Å². The van der Waals surface area contributed by atoms with Crippen LogP contribution in [0.5, 0.6) is 0 Å². The largest absolute Gasteiger partial charge is 0.432 e. The maximum atomic E-state index is 12.8. The van der Waals surface area contributed by atoms with Gasteiger partial charge in [-0.15, -0.1) is 0 Å². The van der Waals surface area contributed by atoms with Gasteiger partial charge in [0.1, 0.15) is 5.71 Å². The van der Waals surface area contributed by atoms with Gasteiger partial charge in [-0.25, -0.2) is 4.98 Å². The summed E-state index contributed by atoms with van der Waals surface area (Å²) in [5, 5.41) is 10.8. The minimum absolute atomic E-state index is 0.129. The Morgan fingerprint density at radius 1 is 1.33 bits per heavy atom. The van der Waals surface area contributed by atoms with Crippen molar-refractivity contribution < 1.29 is 10.1 Å². The second-order valence-electron chi connectivity index (χ2n) is 6.84. The first-order valence-corrected chi connectivity index (χ1v) is 9.13. The normalized spacial score (nSPS) is 12.1. The first kappa shape index (κ1) is 19.2. The number of pyridine rings is 1. The van der Waals surface area contributed by atoms with Gasteiger partial charge in [-0.05, 0) is 23.0 Å². The van der Waals surface area contributed by atoms with Crippen LogP contribution in [0.1, 0.15) is 20.3 Å². The van der Waals surface area contributed by atoms with Gasteiger partial charge in [0, 0.05) is 29.6 Å². The van der Waals surface area contributed by atoms with Crippen LogP contribution in [0.4, 0.5) is 5.95 Å². The van der Waals surface area contributed by atoms with Crippen LogP contribution in [-0.4, -0.2) is 27.0 Å². The Balaban J connectivity index is 2.13. The maximum absolute atomic E-state index is 12.8. The number of aromatic amines is 1. The Kier molecular flexibility index (Phi) is 5.68. The molecule has 3 rings (SSSR count). The minimum atomic E-state index is -0.186. The number of hydrogen-bond donors (Lipinski definition) is 1. The van der Waals surface area contributed by atoms with E-state index in [1.165, 1.54) is 4.57 Å². The summed E-state index contributed by atoms with van der Waals surface area (Å²) in [6.07, 6.45) is 2.43. The van der Waals surface area contributed by atoms with Crippen molar-refractivity contribution in [1.29, 1.82) is 0 Å². The Labute approximate surface area is 162 Å². The number of benzene rings is 1. The fourth-order valence-electron chi connectivity index (χ4n) is 2.97. The number of aliphatic hydroxyl groups excluding tert-OH is 1. The molecule has 0 saturated carbocycles. The summed E-state index contributed by atoms with van der Waals surface area (Å²) in [5.74, 6) is 0.728. The highest BCUT2D eigenvalue weighted by Crippen LogP contribution is 2.26.